The first-order valence-corrected chi connectivity index (χ1v) is 3.98. The predicted molar refractivity (Wildman–Crippen MR) is 51.5 cm³/mol. The maximum absolute atomic E-state index is 7.15. The Hall–Kier alpha value is -1.31. The van der Waals surface area contributed by atoms with E-state index < -0.39 is 0 Å². The van der Waals surface area contributed by atoms with E-state index in [0.29, 0.717) is 6.42 Å². The third-order valence-corrected chi connectivity index (χ3v) is 1.68. The lowest BCUT2D eigenvalue weighted by Gasteiger charge is -2.02. The zero-order valence-corrected chi connectivity index (χ0v) is 7.52. The highest BCUT2D eigenvalue weighted by Crippen LogP contribution is 2.08. The monoisotopic (exact) mass is 162 g/mol. The molecular formula is C10H14N2. The van der Waals surface area contributed by atoms with Crippen LogP contribution in [0.5, 0.6) is 0 Å². The number of hydrogen-bond donors (Lipinski definition) is 2. The first kappa shape index (κ1) is 8.78. The molecular weight excluding hydrogens is 148 g/mol. The van der Waals surface area contributed by atoms with Crippen LogP contribution < -0.4 is 5.73 Å². The highest BCUT2D eigenvalue weighted by atomic mass is 14.7. The Balaban J connectivity index is 2.93. The largest absolute Gasteiger partial charge is 0.387 e. The molecule has 1 aromatic rings. The van der Waals surface area contributed by atoms with Crippen molar-refractivity contribution in [1.29, 1.82) is 5.41 Å². The quantitative estimate of drug-likeness (QED) is 0.505. The van der Waals surface area contributed by atoms with Crippen LogP contribution in [0.15, 0.2) is 18.2 Å². The smallest absolute Gasteiger partial charge is 0.0950 e. The molecule has 0 amide bonds. The Kier molecular flexibility index (Phi) is 2.48. The van der Waals surface area contributed by atoms with E-state index >= 15 is 0 Å². The summed E-state index contributed by atoms with van der Waals surface area (Å²) in [5.74, 6) is 0.222. The molecule has 2 nitrogen and oxygen atoms in total. The molecule has 0 unspecified atom stereocenters. The van der Waals surface area contributed by atoms with E-state index in [1.807, 2.05) is 0 Å². The predicted octanol–water partition coefficient (Wildman–Crippen LogP) is 1.78. The lowest BCUT2D eigenvalue weighted by molar-refractivity contribution is 1.21. The first-order valence-electron chi connectivity index (χ1n) is 3.98. The van der Waals surface area contributed by atoms with Crippen molar-refractivity contribution in [3.05, 3.63) is 34.9 Å². The van der Waals surface area contributed by atoms with E-state index in [-0.39, 0.29) is 5.84 Å². The van der Waals surface area contributed by atoms with Crippen molar-refractivity contribution >= 4 is 5.84 Å². The third-order valence-electron chi connectivity index (χ3n) is 1.68. The fourth-order valence-electron chi connectivity index (χ4n) is 1.39. The van der Waals surface area contributed by atoms with E-state index in [1.165, 1.54) is 11.1 Å². The van der Waals surface area contributed by atoms with Gasteiger partial charge in [-0.25, -0.2) is 0 Å². The van der Waals surface area contributed by atoms with Gasteiger partial charge < -0.3 is 5.73 Å². The van der Waals surface area contributed by atoms with Gasteiger partial charge in [0, 0.05) is 6.42 Å². The van der Waals surface area contributed by atoms with Crippen LogP contribution >= 0.6 is 0 Å². The molecule has 0 fully saturated rings. The zero-order chi connectivity index (χ0) is 9.14. The van der Waals surface area contributed by atoms with Gasteiger partial charge in [0.25, 0.3) is 0 Å². The summed E-state index contributed by atoms with van der Waals surface area (Å²) in [5.41, 5.74) is 8.89. The van der Waals surface area contributed by atoms with E-state index in [0.717, 1.165) is 5.56 Å². The molecule has 0 aliphatic rings. The van der Waals surface area contributed by atoms with Crippen LogP contribution in [-0.4, -0.2) is 5.84 Å². The van der Waals surface area contributed by atoms with Gasteiger partial charge in [-0.1, -0.05) is 29.3 Å². The summed E-state index contributed by atoms with van der Waals surface area (Å²) in [4.78, 5) is 0. The molecule has 0 aliphatic carbocycles. The highest BCUT2D eigenvalue weighted by molar-refractivity contribution is 5.79. The number of hydrogen-bond acceptors (Lipinski definition) is 1. The molecule has 0 bridgehead atoms. The molecule has 2 heteroatoms. The van der Waals surface area contributed by atoms with Crippen LogP contribution in [0, 0.1) is 19.3 Å². The van der Waals surface area contributed by atoms with Crippen LogP contribution in [0.3, 0.4) is 0 Å². The second kappa shape index (κ2) is 3.39. The molecule has 0 saturated heterocycles. The first-order chi connectivity index (χ1) is 5.58. The Labute approximate surface area is 72.9 Å². The summed E-state index contributed by atoms with van der Waals surface area (Å²) in [7, 11) is 0. The number of aryl methyl sites for hydroxylation is 2. The minimum absolute atomic E-state index is 0.222. The van der Waals surface area contributed by atoms with E-state index in [4.69, 9.17) is 11.1 Å². The average Bonchev–Trinajstić information content (AvgIpc) is 1.81. The Bertz CT molecular complexity index is 282. The summed E-state index contributed by atoms with van der Waals surface area (Å²) in [5, 5.41) is 7.15. The summed E-state index contributed by atoms with van der Waals surface area (Å²) in [6, 6.07) is 6.24. The van der Waals surface area contributed by atoms with Crippen LogP contribution in [0.25, 0.3) is 0 Å². The standard InChI is InChI=1S/C10H14N2/c1-7-3-8(2)5-9(4-7)6-10(11)12/h3-5H,6H2,1-2H3,(H3,11,12). The Morgan fingerprint density at radius 3 is 2.17 bits per heavy atom. The molecule has 0 atom stereocenters. The lowest BCUT2D eigenvalue weighted by atomic mass is 10.0. The van der Waals surface area contributed by atoms with Crippen molar-refractivity contribution in [3.8, 4) is 0 Å². The van der Waals surface area contributed by atoms with Gasteiger partial charge >= 0.3 is 0 Å². The maximum Gasteiger partial charge on any atom is 0.0950 e. The molecule has 0 spiro atoms. The molecule has 0 radical (unpaired) electrons. The van der Waals surface area contributed by atoms with Crippen molar-refractivity contribution < 1.29 is 0 Å². The Morgan fingerprint density at radius 1 is 1.25 bits per heavy atom. The van der Waals surface area contributed by atoms with Crippen molar-refractivity contribution in [2.75, 3.05) is 0 Å². The number of amidine groups is 1. The fraction of sp³-hybridized carbons (Fsp3) is 0.300. The van der Waals surface area contributed by atoms with Gasteiger partial charge in [0.2, 0.25) is 0 Å². The van der Waals surface area contributed by atoms with Crippen molar-refractivity contribution in [2.24, 2.45) is 5.73 Å². The molecule has 0 aromatic heterocycles. The normalized spacial score (nSPS) is 9.83. The Morgan fingerprint density at radius 2 is 1.75 bits per heavy atom. The van der Waals surface area contributed by atoms with E-state index in [1.54, 1.807) is 0 Å². The number of nitrogens with one attached hydrogen (secondary N) is 1. The van der Waals surface area contributed by atoms with Crippen molar-refractivity contribution in [2.45, 2.75) is 20.3 Å². The lowest BCUT2D eigenvalue weighted by Crippen LogP contribution is -2.12. The molecule has 3 N–H and O–H groups in total. The van der Waals surface area contributed by atoms with Gasteiger partial charge in [-0.15, -0.1) is 0 Å². The molecule has 12 heavy (non-hydrogen) atoms. The van der Waals surface area contributed by atoms with Crippen LogP contribution in [0.2, 0.25) is 0 Å². The second-order valence-corrected chi connectivity index (χ2v) is 3.20. The molecule has 1 aromatic carbocycles. The molecule has 0 aliphatic heterocycles. The van der Waals surface area contributed by atoms with Crippen LogP contribution in [-0.2, 0) is 6.42 Å². The van der Waals surface area contributed by atoms with Crippen LogP contribution in [0.4, 0.5) is 0 Å². The number of benzene rings is 1. The van der Waals surface area contributed by atoms with E-state index in [2.05, 4.69) is 32.0 Å². The number of nitrogens with two attached hydrogens (primary N) is 1. The van der Waals surface area contributed by atoms with Crippen molar-refractivity contribution in [3.63, 3.8) is 0 Å². The third kappa shape index (κ3) is 2.38. The van der Waals surface area contributed by atoms with Gasteiger partial charge in [0.15, 0.2) is 0 Å². The second-order valence-electron chi connectivity index (χ2n) is 3.20. The van der Waals surface area contributed by atoms with Crippen molar-refractivity contribution in [1.82, 2.24) is 0 Å². The summed E-state index contributed by atoms with van der Waals surface area (Å²) < 4.78 is 0. The summed E-state index contributed by atoms with van der Waals surface area (Å²) >= 11 is 0. The fourth-order valence-corrected chi connectivity index (χ4v) is 1.39. The van der Waals surface area contributed by atoms with Gasteiger partial charge in [-0.05, 0) is 19.4 Å². The van der Waals surface area contributed by atoms with Crippen LogP contribution in [0.1, 0.15) is 16.7 Å². The summed E-state index contributed by atoms with van der Waals surface area (Å²) in [6.07, 6.45) is 0.558. The number of rotatable bonds is 2. The topological polar surface area (TPSA) is 49.9 Å². The average molecular weight is 162 g/mol. The van der Waals surface area contributed by atoms with Gasteiger partial charge in [0.05, 0.1) is 5.84 Å². The minimum Gasteiger partial charge on any atom is -0.387 e. The summed E-state index contributed by atoms with van der Waals surface area (Å²) in [6.45, 7) is 4.10. The van der Waals surface area contributed by atoms with Gasteiger partial charge in [-0.3, -0.25) is 5.41 Å². The molecule has 1 rings (SSSR count). The van der Waals surface area contributed by atoms with Gasteiger partial charge in [-0.2, -0.15) is 0 Å². The SMILES string of the molecule is Cc1cc(C)cc(CC(=N)N)c1. The maximum atomic E-state index is 7.15. The zero-order valence-electron chi connectivity index (χ0n) is 7.52. The molecule has 0 heterocycles. The highest BCUT2D eigenvalue weighted by Gasteiger charge is 1.96. The minimum atomic E-state index is 0.222. The molecule has 64 valence electrons. The van der Waals surface area contributed by atoms with Gasteiger partial charge in [0.1, 0.15) is 0 Å². The van der Waals surface area contributed by atoms with E-state index in [9.17, 15) is 0 Å². The molecule has 0 saturated carbocycles.